The molecule has 0 saturated carbocycles. The van der Waals surface area contributed by atoms with Crippen molar-refractivity contribution in [2.75, 3.05) is 5.43 Å². The number of hydrogen-bond donors (Lipinski definition) is 2. The average Bonchev–Trinajstić information content (AvgIpc) is 2.59. The van der Waals surface area contributed by atoms with E-state index in [0.29, 0.717) is 11.5 Å². The molecular formula is C17H14N4O. The van der Waals surface area contributed by atoms with Gasteiger partial charge in [0.1, 0.15) is 11.5 Å². The number of para-hydroxylation sites is 1. The van der Waals surface area contributed by atoms with E-state index in [-0.39, 0.29) is 0 Å². The number of pyridine rings is 1. The second-order valence-corrected chi connectivity index (χ2v) is 4.61. The van der Waals surface area contributed by atoms with Crippen LogP contribution >= 0.6 is 0 Å². The Balaban J connectivity index is 1.89. The fraction of sp³-hybridized carbons (Fsp3) is 0. The van der Waals surface area contributed by atoms with E-state index < -0.39 is 0 Å². The van der Waals surface area contributed by atoms with Gasteiger partial charge in [-0.3, -0.25) is 5.43 Å². The zero-order valence-corrected chi connectivity index (χ0v) is 11.7. The van der Waals surface area contributed by atoms with Gasteiger partial charge in [-0.05, 0) is 18.2 Å². The van der Waals surface area contributed by atoms with E-state index in [4.69, 9.17) is 5.21 Å². The molecule has 0 aliphatic rings. The Morgan fingerprint density at radius 2 is 1.73 bits per heavy atom. The van der Waals surface area contributed by atoms with Crippen molar-refractivity contribution in [2.24, 2.45) is 10.3 Å². The van der Waals surface area contributed by atoms with Gasteiger partial charge in [-0.1, -0.05) is 53.7 Å². The first-order valence-electron chi connectivity index (χ1n) is 6.79. The number of hydrazone groups is 1. The molecule has 0 fully saturated rings. The zero-order valence-electron chi connectivity index (χ0n) is 11.7. The van der Waals surface area contributed by atoms with E-state index in [2.05, 4.69) is 20.7 Å². The Kier molecular flexibility index (Phi) is 4.06. The summed E-state index contributed by atoms with van der Waals surface area (Å²) in [4.78, 5) is 4.48. The Hall–Kier alpha value is -3.21. The Bertz CT molecular complexity index is 828. The zero-order chi connectivity index (χ0) is 15.2. The minimum absolute atomic E-state index is 0.512. The number of oxime groups is 1. The van der Waals surface area contributed by atoms with Crippen LogP contribution in [0, 0.1) is 0 Å². The van der Waals surface area contributed by atoms with E-state index in [9.17, 15) is 0 Å². The topological polar surface area (TPSA) is 69.9 Å². The minimum atomic E-state index is 0.512. The van der Waals surface area contributed by atoms with E-state index in [1.165, 1.54) is 6.21 Å². The van der Waals surface area contributed by atoms with Gasteiger partial charge in [-0.15, -0.1) is 0 Å². The van der Waals surface area contributed by atoms with Crippen molar-refractivity contribution < 1.29 is 5.21 Å². The predicted molar refractivity (Wildman–Crippen MR) is 88.6 cm³/mol. The molecule has 0 bridgehead atoms. The molecule has 0 radical (unpaired) electrons. The standard InChI is InChI=1S/C17H14N4O/c22-18-12-16(13-6-2-1-3-7-13)20-21-17-11-10-14-8-4-5-9-15(14)19-17/h1-12,22H,(H,19,21). The molecule has 0 aliphatic heterocycles. The molecule has 5 heteroatoms. The summed E-state index contributed by atoms with van der Waals surface area (Å²) in [5, 5.41) is 17.2. The SMILES string of the molecule is ON=CC(=NNc1ccc2ccccc2n1)c1ccccc1. The molecule has 2 N–H and O–H groups in total. The molecule has 0 atom stereocenters. The quantitative estimate of drug-likeness (QED) is 0.439. The monoisotopic (exact) mass is 290 g/mol. The molecule has 0 amide bonds. The largest absolute Gasteiger partial charge is 0.411 e. The van der Waals surface area contributed by atoms with Gasteiger partial charge in [0.25, 0.3) is 0 Å². The highest BCUT2D eigenvalue weighted by molar-refractivity contribution is 6.38. The molecule has 1 heterocycles. The summed E-state index contributed by atoms with van der Waals surface area (Å²) in [7, 11) is 0. The van der Waals surface area contributed by atoms with Gasteiger partial charge >= 0.3 is 0 Å². The van der Waals surface area contributed by atoms with E-state index in [1.54, 1.807) is 0 Å². The average molecular weight is 290 g/mol. The van der Waals surface area contributed by atoms with Crippen LogP contribution in [-0.4, -0.2) is 22.1 Å². The molecule has 22 heavy (non-hydrogen) atoms. The first kappa shape index (κ1) is 13.8. The van der Waals surface area contributed by atoms with Crippen molar-refractivity contribution in [1.29, 1.82) is 0 Å². The highest BCUT2D eigenvalue weighted by Crippen LogP contribution is 2.14. The summed E-state index contributed by atoms with van der Waals surface area (Å²) in [6, 6.07) is 21.2. The lowest BCUT2D eigenvalue weighted by molar-refractivity contribution is 0.322. The Morgan fingerprint density at radius 1 is 0.955 bits per heavy atom. The lowest BCUT2D eigenvalue weighted by atomic mass is 10.1. The summed E-state index contributed by atoms with van der Waals surface area (Å²) in [6.45, 7) is 0. The van der Waals surface area contributed by atoms with Crippen molar-refractivity contribution in [1.82, 2.24) is 4.98 Å². The van der Waals surface area contributed by atoms with Crippen LogP contribution in [0.2, 0.25) is 0 Å². The predicted octanol–water partition coefficient (Wildman–Crippen LogP) is 3.51. The normalized spacial score (nSPS) is 11.9. The van der Waals surface area contributed by atoms with E-state index in [0.717, 1.165) is 16.5 Å². The summed E-state index contributed by atoms with van der Waals surface area (Å²) in [5.74, 6) is 0.624. The minimum Gasteiger partial charge on any atom is -0.411 e. The number of fused-ring (bicyclic) bond motifs is 1. The van der Waals surface area contributed by atoms with Crippen molar-refractivity contribution >= 4 is 28.6 Å². The van der Waals surface area contributed by atoms with Crippen LogP contribution in [0.15, 0.2) is 77.0 Å². The van der Waals surface area contributed by atoms with Crippen LogP contribution in [0.4, 0.5) is 5.82 Å². The van der Waals surface area contributed by atoms with Gasteiger partial charge in [0.15, 0.2) is 0 Å². The molecule has 3 aromatic rings. The highest BCUT2D eigenvalue weighted by Gasteiger charge is 2.01. The fourth-order valence-corrected chi connectivity index (χ4v) is 2.08. The molecule has 1 aromatic heterocycles. The Morgan fingerprint density at radius 3 is 2.55 bits per heavy atom. The summed E-state index contributed by atoms with van der Waals surface area (Å²) >= 11 is 0. The number of benzene rings is 2. The van der Waals surface area contributed by atoms with Crippen LogP contribution in [0.3, 0.4) is 0 Å². The molecule has 5 nitrogen and oxygen atoms in total. The smallest absolute Gasteiger partial charge is 0.146 e. The second kappa shape index (κ2) is 6.49. The van der Waals surface area contributed by atoms with Crippen molar-refractivity contribution in [2.45, 2.75) is 0 Å². The van der Waals surface area contributed by atoms with Gasteiger partial charge in [0.05, 0.1) is 11.7 Å². The molecule has 3 rings (SSSR count). The van der Waals surface area contributed by atoms with Crippen molar-refractivity contribution in [3.8, 4) is 0 Å². The van der Waals surface area contributed by atoms with E-state index in [1.807, 2.05) is 66.7 Å². The van der Waals surface area contributed by atoms with Crippen molar-refractivity contribution in [3.63, 3.8) is 0 Å². The molecule has 0 unspecified atom stereocenters. The third-order valence-corrected chi connectivity index (χ3v) is 3.14. The maximum Gasteiger partial charge on any atom is 0.146 e. The van der Waals surface area contributed by atoms with Gasteiger partial charge in [0, 0.05) is 10.9 Å². The summed E-state index contributed by atoms with van der Waals surface area (Å²) in [6.07, 6.45) is 1.28. The van der Waals surface area contributed by atoms with Crippen LogP contribution in [0.5, 0.6) is 0 Å². The van der Waals surface area contributed by atoms with Gasteiger partial charge in [0.2, 0.25) is 0 Å². The number of rotatable bonds is 4. The number of hydrogen-bond acceptors (Lipinski definition) is 5. The lowest BCUT2D eigenvalue weighted by Crippen LogP contribution is -2.06. The molecule has 0 aliphatic carbocycles. The number of anilines is 1. The van der Waals surface area contributed by atoms with Crippen LogP contribution in [0.1, 0.15) is 5.56 Å². The third kappa shape index (κ3) is 3.09. The summed E-state index contributed by atoms with van der Waals surface area (Å²) < 4.78 is 0. The van der Waals surface area contributed by atoms with Gasteiger partial charge in [-0.2, -0.15) is 5.10 Å². The number of nitrogens with zero attached hydrogens (tertiary/aromatic N) is 3. The van der Waals surface area contributed by atoms with Crippen LogP contribution in [-0.2, 0) is 0 Å². The van der Waals surface area contributed by atoms with Crippen LogP contribution < -0.4 is 5.43 Å². The molecule has 0 saturated heterocycles. The molecule has 2 aromatic carbocycles. The number of aromatic nitrogens is 1. The first-order chi connectivity index (χ1) is 10.9. The van der Waals surface area contributed by atoms with Gasteiger partial charge < -0.3 is 5.21 Å². The highest BCUT2D eigenvalue weighted by atomic mass is 16.4. The Labute approximate surface area is 127 Å². The number of nitrogens with one attached hydrogen (secondary N) is 1. The first-order valence-corrected chi connectivity index (χ1v) is 6.79. The van der Waals surface area contributed by atoms with Crippen molar-refractivity contribution in [3.05, 3.63) is 72.3 Å². The third-order valence-electron chi connectivity index (χ3n) is 3.14. The lowest BCUT2D eigenvalue weighted by Gasteiger charge is -2.04. The molecule has 0 spiro atoms. The van der Waals surface area contributed by atoms with E-state index >= 15 is 0 Å². The van der Waals surface area contributed by atoms with Crippen LogP contribution in [0.25, 0.3) is 10.9 Å². The second-order valence-electron chi connectivity index (χ2n) is 4.61. The molecular weight excluding hydrogens is 276 g/mol. The fourth-order valence-electron chi connectivity index (χ4n) is 2.08. The maximum atomic E-state index is 8.78. The summed E-state index contributed by atoms with van der Waals surface area (Å²) in [5.41, 5.74) is 5.14. The molecule has 108 valence electrons. The van der Waals surface area contributed by atoms with Gasteiger partial charge in [-0.25, -0.2) is 4.98 Å². The maximum absolute atomic E-state index is 8.78.